The van der Waals surface area contributed by atoms with E-state index < -0.39 is 49.3 Å². The van der Waals surface area contributed by atoms with Crippen molar-refractivity contribution in [1.82, 2.24) is 0 Å². The van der Waals surface area contributed by atoms with Gasteiger partial charge in [-0.2, -0.15) is 0 Å². The van der Waals surface area contributed by atoms with Gasteiger partial charge in [-0.3, -0.25) is 0 Å². The molecule has 0 N–H and O–H groups in total. The van der Waals surface area contributed by atoms with Crippen LogP contribution in [0, 0.1) is 508 Å². The average molecular weight is 2270 g/mol. The van der Waals surface area contributed by atoms with Gasteiger partial charge >= 0.3 is 0 Å². The number of hydrogen-bond acceptors (Lipinski definition) is 17. The maximum atomic E-state index is 7.66. The van der Waals surface area contributed by atoms with Crippen LogP contribution < -0.4 is 4.74 Å². The second kappa shape index (κ2) is 93.4. The van der Waals surface area contributed by atoms with E-state index in [4.69, 9.17) is 80.5 Å². The number of benzene rings is 3. The summed E-state index contributed by atoms with van der Waals surface area (Å²) in [6.07, 6.45) is 41.4. The zero-order valence-electron chi connectivity index (χ0n) is 77.1. The van der Waals surface area contributed by atoms with Gasteiger partial charge in [-0.15, -0.1) is 55.4 Å². The van der Waals surface area contributed by atoms with E-state index in [9.17, 15) is 0 Å². The third-order valence-electron chi connectivity index (χ3n) is 24.1. The molecule has 17 nitrogen and oxygen atoms in total. The second-order valence-corrected chi connectivity index (χ2v) is 41.4. The van der Waals surface area contributed by atoms with Crippen LogP contribution in [0.2, 0.25) is 0 Å². The summed E-state index contributed by atoms with van der Waals surface area (Å²) in [4.78, 5) is 0. The van der Waals surface area contributed by atoms with E-state index in [0.29, 0.717) is 0 Å². The van der Waals surface area contributed by atoms with Crippen molar-refractivity contribution in [2.75, 3.05) is 112 Å². The molecule has 3 aromatic carbocycles. The number of ether oxygens (including phenoxy) is 17. The van der Waals surface area contributed by atoms with Crippen LogP contribution in [0.1, 0.15) is 234 Å². The van der Waals surface area contributed by atoms with E-state index in [1.54, 1.807) is 49.8 Å². The largest absolute Gasteiger partial charge is 0.496 e. The molecule has 2 spiro atoms. The van der Waals surface area contributed by atoms with E-state index in [0.717, 1.165) is 104 Å². The summed E-state index contributed by atoms with van der Waals surface area (Å²) in [7, 11) is 27.0. The Bertz CT molecular complexity index is 2710. The van der Waals surface area contributed by atoms with Crippen LogP contribution in [0.3, 0.4) is 0 Å². The topological polar surface area (TPSA) is 157 Å². The summed E-state index contributed by atoms with van der Waals surface area (Å²) in [6.45, 7) is 18.4. The standard InChI is InChI=1S/C38H66O4P2.C10H14O.C9H12.3C8H18O4P2.C8H10.3CH4.12Ar/c1-5-17-31(18-6-1)43(32-19-7-2-8-20-32)29-35-36(30-44(33-21-9-3-10-22-33)34-23-11-4-12-24-34)42-38(26-14-16-28-40-38)37(41-35)25-13-15-27-39-37;1-7-5-8(2)10(11-4)9(3)6-7;1-7-4-8(2)6-9(3)5-7;3*1-9-7-8(10-2)12-6(4-14)5(3-13)11-7;1-7-3-5-8(2)6-4-7;;;;;;;;;;;;;;;/h31-36H,1-30H2;5-6H,1-4H3;4-6H,1-3H3;3*5-8H,3-4,13-14H2,1-2H3;3-6H,1-2H3;3*1H4;;;;;;;;;;;;/t35-,36-,37+,38?;;;3*5-,6-,7+,8?;;;;;;;;;;;;;;;;/m0..000................/s1. The molecule has 0 bridgehead atoms. The van der Waals surface area contributed by atoms with E-state index in [-0.39, 0.29) is 540 Å². The summed E-state index contributed by atoms with van der Waals surface area (Å²) in [5.74, 6) is -0.368. The van der Waals surface area contributed by atoms with Crippen molar-refractivity contribution >= 4 is 71.3 Å². The average Bonchev–Trinajstić information content (AvgIpc) is 0.723. The Morgan fingerprint density at radius 1 is 0.287 bits per heavy atom. The first-order valence-electron chi connectivity index (χ1n) is 43.3. The Morgan fingerprint density at radius 2 is 0.496 bits per heavy atom. The van der Waals surface area contributed by atoms with Gasteiger partial charge in [-0.25, -0.2) is 0 Å². The number of fused-ring (bicyclic) bond motifs is 1. The fraction of sp³-hybridized carbons (Fsp3) is 0.804. The number of rotatable bonds is 21. The number of hydrogen-bond donors (Lipinski definition) is 0. The first kappa shape index (κ1) is 162. The zero-order valence-corrected chi connectivity index (χ0v) is 94.3. The monoisotopic (exact) mass is 2270 g/mol. The van der Waals surface area contributed by atoms with Gasteiger partial charge in [0.25, 0.3) is 0 Å². The van der Waals surface area contributed by atoms with Gasteiger partial charge < -0.3 is 80.5 Å². The van der Waals surface area contributed by atoms with Gasteiger partial charge in [-0.1, -0.05) is 203 Å². The van der Waals surface area contributed by atoms with E-state index >= 15 is 0 Å². The van der Waals surface area contributed by atoms with Crippen molar-refractivity contribution in [1.29, 1.82) is 0 Å². The first-order valence-corrected chi connectivity index (χ1v) is 51.5. The van der Waals surface area contributed by atoms with Gasteiger partial charge in [0.15, 0.2) is 0 Å². The van der Waals surface area contributed by atoms with Crippen molar-refractivity contribution in [3.63, 3.8) is 0 Å². The van der Waals surface area contributed by atoms with Gasteiger partial charge in [0.2, 0.25) is 49.3 Å². The molecule has 10 fully saturated rings. The molecular weight excluding hydrogens is 2100 g/mol. The summed E-state index contributed by atoms with van der Waals surface area (Å²) >= 11 is 0. The Kier molecular flexibility index (Phi) is 117. The Labute approximate surface area is 1160 Å². The van der Waals surface area contributed by atoms with Crippen molar-refractivity contribution < 1.29 is 533 Å². The third-order valence-corrected chi connectivity index (χ3v) is 34.2. The van der Waals surface area contributed by atoms with Gasteiger partial charge in [0, 0.05) is 508 Å². The summed E-state index contributed by atoms with van der Waals surface area (Å²) in [5, 5.41) is 0. The Hall–Kier alpha value is 15.4. The molecule has 13 rings (SSSR count). The van der Waals surface area contributed by atoms with Crippen LogP contribution in [0.5, 0.6) is 5.75 Å². The maximum Gasteiger partial charge on any atom is 0.224 e. The predicted molar refractivity (Wildman–Crippen MR) is 511 cm³/mol. The SMILES string of the molecule is C.C.C.C1CCC(P(C[C@@H]2OC3(CCCCO3)[C@@]3(CCCCO3)O[C@H]2CP(C2CCCCC2)C2CCCCC2)C2CCCCC2)CC1.COC1O[C@@H](CP)[C@H](CP)O[C@H]1OC.COC1O[C@@H](CP)[C@H](CP)O[C@H]1OC.COC1O[C@@H](CP)[C@H](CP)O[C@H]1OC.COc1c(C)cc(C)cc1C.Cc1cc(C)cc(C)c1.Cc1ccc(C)cc1.[Ar].[Ar].[Ar].[Ar].[Ar].[Ar].[Ar].[Ar].[Ar].[Ar].[Ar].[Ar]. The third kappa shape index (κ3) is 55.9. The van der Waals surface area contributed by atoms with E-state index in [1.165, 1.54) is 198 Å². The van der Waals surface area contributed by atoms with Crippen LogP contribution in [0.4, 0.5) is 0 Å². The molecule has 6 saturated heterocycles. The number of aryl methyl sites for hydroxylation is 8. The van der Waals surface area contributed by atoms with Crippen molar-refractivity contribution in [2.24, 2.45) is 0 Å². The minimum Gasteiger partial charge on any atom is -0.496 e. The molecule has 22 atom stereocenters. The quantitative estimate of drug-likeness (QED) is 0.0927. The fourth-order valence-electron chi connectivity index (χ4n) is 18.2. The Morgan fingerprint density at radius 3 is 0.674 bits per heavy atom. The minimum atomic E-state index is -0.689. The molecule has 3 aromatic rings. The smallest absolute Gasteiger partial charge is 0.224 e. The molecule has 774 valence electrons. The van der Waals surface area contributed by atoms with Crippen LogP contribution in [0.25, 0.3) is 0 Å². The van der Waals surface area contributed by atoms with E-state index in [2.05, 4.69) is 165 Å². The molecule has 4 aliphatic carbocycles. The van der Waals surface area contributed by atoms with Crippen molar-refractivity contribution in [3.8, 4) is 5.75 Å². The zero-order chi connectivity index (χ0) is 82.6. The summed E-state index contributed by atoms with van der Waals surface area (Å²) in [5.41, 5.74) is 14.3. The molecule has 37 heteroatoms. The van der Waals surface area contributed by atoms with Crippen LogP contribution >= 0.6 is 71.3 Å². The molecule has 6 aliphatic heterocycles. The molecule has 129 heavy (non-hydrogen) atoms. The molecule has 0 aromatic heterocycles. The predicted octanol–water partition coefficient (Wildman–Crippen LogP) is 21.7. The number of methoxy groups -OCH3 is 7. The second-order valence-electron chi connectivity index (χ2n) is 32.8. The molecular formula is C92H168Ar12O17P8. The van der Waals surface area contributed by atoms with Crippen LogP contribution in [-0.4, -0.2) is 233 Å². The molecule has 0 amide bonds. The van der Waals surface area contributed by atoms with Gasteiger partial charge in [-0.05, 0) is 215 Å². The van der Waals surface area contributed by atoms with Crippen molar-refractivity contribution in [2.45, 2.75) is 365 Å². The molecule has 6 heterocycles. The Balaban J connectivity index is -0.000000204. The molecule has 10 aliphatic rings. The normalized spacial score (nSPS) is 27.5. The van der Waals surface area contributed by atoms with E-state index in [1.807, 2.05) is 0 Å². The first-order chi connectivity index (χ1) is 55.2. The maximum absolute atomic E-state index is 7.66. The van der Waals surface area contributed by atoms with Crippen molar-refractivity contribution in [3.05, 3.63) is 99.1 Å². The van der Waals surface area contributed by atoms with Gasteiger partial charge in [0.1, 0.15) is 5.75 Å². The summed E-state index contributed by atoms with van der Waals surface area (Å²) in [6, 6.07) is 19.3. The van der Waals surface area contributed by atoms with Crippen LogP contribution in [0.15, 0.2) is 54.6 Å². The minimum absolute atomic E-state index is 0. The molecule has 0 radical (unpaired) electrons. The fourth-order valence-corrected chi connectivity index (χ4v) is 28.7. The molecule has 4 saturated carbocycles. The van der Waals surface area contributed by atoms with Gasteiger partial charge in [0.05, 0.1) is 69.2 Å². The van der Waals surface area contributed by atoms with Crippen LogP contribution in [-0.2, 0) is 75.8 Å². The summed E-state index contributed by atoms with van der Waals surface area (Å²) < 4.78 is 99.1. The molecule has 10 unspecified atom stereocenters.